The third-order valence-corrected chi connectivity index (χ3v) is 5.03. The van der Waals surface area contributed by atoms with Gasteiger partial charge in [-0.3, -0.25) is 14.7 Å². The zero-order valence-corrected chi connectivity index (χ0v) is 15.8. The Balaban J connectivity index is 1.33. The number of hydrogen-bond donors (Lipinski definition) is 2. The van der Waals surface area contributed by atoms with Crippen LogP contribution >= 0.6 is 11.6 Å². The van der Waals surface area contributed by atoms with Gasteiger partial charge in [0.15, 0.2) is 5.76 Å². The number of rotatable bonds is 4. The van der Waals surface area contributed by atoms with Gasteiger partial charge >= 0.3 is 0 Å². The highest BCUT2D eigenvalue weighted by Gasteiger charge is 2.26. The number of H-pyrrole nitrogens is 1. The monoisotopic (exact) mass is 398 g/mol. The molecule has 0 saturated carbocycles. The molecule has 0 unspecified atom stereocenters. The van der Waals surface area contributed by atoms with Gasteiger partial charge < -0.3 is 14.6 Å². The summed E-state index contributed by atoms with van der Waals surface area (Å²) in [4.78, 5) is 26.6. The molecule has 1 fully saturated rings. The number of furan rings is 1. The van der Waals surface area contributed by atoms with Crippen molar-refractivity contribution >= 4 is 23.4 Å². The zero-order chi connectivity index (χ0) is 19.5. The first-order chi connectivity index (χ1) is 13.6. The zero-order valence-electron chi connectivity index (χ0n) is 15.0. The van der Waals surface area contributed by atoms with Gasteiger partial charge in [0.25, 0.3) is 11.8 Å². The first kappa shape index (κ1) is 18.3. The van der Waals surface area contributed by atoms with Gasteiger partial charge in [-0.05, 0) is 43.2 Å². The maximum atomic E-state index is 12.5. The van der Waals surface area contributed by atoms with E-state index in [0.29, 0.717) is 48.1 Å². The Morgan fingerprint density at radius 2 is 2.00 bits per heavy atom. The van der Waals surface area contributed by atoms with E-state index in [1.54, 1.807) is 35.2 Å². The largest absolute Gasteiger partial charge is 0.459 e. The highest BCUT2D eigenvalue weighted by Crippen LogP contribution is 2.21. The molecule has 0 aliphatic carbocycles. The Hall–Kier alpha value is -3.06. The number of hydrogen-bond acceptors (Lipinski definition) is 4. The number of amides is 2. The third kappa shape index (κ3) is 3.94. The molecule has 0 bridgehead atoms. The molecule has 2 N–H and O–H groups in total. The molecule has 1 saturated heterocycles. The fraction of sp³-hybridized carbons (Fsp3) is 0.250. The number of nitrogens with zero attached hydrogens (tertiary/aromatic N) is 2. The van der Waals surface area contributed by atoms with E-state index in [1.165, 1.54) is 6.26 Å². The van der Waals surface area contributed by atoms with Crippen molar-refractivity contribution in [2.24, 2.45) is 0 Å². The van der Waals surface area contributed by atoms with Gasteiger partial charge in [-0.15, -0.1) is 0 Å². The normalized spacial score (nSPS) is 14.8. The molecular weight excluding hydrogens is 380 g/mol. The summed E-state index contributed by atoms with van der Waals surface area (Å²) in [7, 11) is 0. The Labute approximate surface area is 166 Å². The highest BCUT2D eigenvalue weighted by molar-refractivity contribution is 6.30. The van der Waals surface area contributed by atoms with E-state index in [-0.39, 0.29) is 17.9 Å². The first-order valence-electron chi connectivity index (χ1n) is 9.05. The Bertz CT molecular complexity index is 975. The summed E-state index contributed by atoms with van der Waals surface area (Å²) in [6, 6.07) is 12.4. The number of piperidine rings is 1. The van der Waals surface area contributed by atoms with Gasteiger partial charge in [-0.25, -0.2) is 0 Å². The minimum atomic E-state index is -0.211. The number of carbonyl (C=O) groups excluding carboxylic acids is 2. The Morgan fingerprint density at radius 1 is 1.18 bits per heavy atom. The van der Waals surface area contributed by atoms with Crippen molar-refractivity contribution in [3.05, 3.63) is 65.2 Å². The van der Waals surface area contributed by atoms with Crippen LogP contribution in [0.25, 0.3) is 11.3 Å². The third-order valence-electron chi connectivity index (χ3n) is 4.79. The number of nitrogens with one attached hydrogen (secondary N) is 2. The lowest BCUT2D eigenvalue weighted by Gasteiger charge is -2.31. The van der Waals surface area contributed by atoms with E-state index >= 15 is 0 Å². The number of benzene rings is 1. The van der Waals surface area contributed by atoms with Crippen LogP contribution in [0.1, 0.15) is 33.9 Å². The first-order valence-corrected chi connectivity index (χ1v) is 9.43. The summed E-state index contributed by atoms with van der Waals surface area (Å²) < 4.78 is 5.16. The average Bonchev–Trinajstić information content (AvgIpc) is 3.40. The highest BCUT2D eigenvalue weighted by atomic mass is 35.5. The van der Waals surface area contributed by atoms with Crippen LogP contribution in [0.5, 0.6) is 0 Å². The summed E-state index contributed by atoms with van der Waals surface area (Å²) in [6.45, 7) is 1.14. The SMILES string of the molecule is O=C(NC1CCN(C(=O)c2ccco2)CC1)c1cc(-c2cccc(Cl)c2)n[nH]1. The summed E-state index contributed by atoms with van der Waals surface area (Å²) >= 11 is 6.01. The van der Waals surface area contributed by atoms with Crippen molar-refractivity contribution in [1.29, 1.82) is 0 Å². The summed E-state index contributed by atoms with van der Waals surface area (Å²) in [5.74, 6) is 0.0135. The lowest BCUT2D eigenvalue weighted by molar-refractivity contribution is 0.0667. The van der Waals surface area contributed by atoms with Crippen molar-refractivity contribution in [2.45, 2.75) is 18.9 Å². The number of aromatic nitrogens is 2. The molecular formula is C20H19ClN4O3. The second kappa shape index (κ2) is 7.90. The molecule has 3 aromatic rings. The number of aromatic amines is 1. The second-order valence-electron chi connectivity index (χ2n) is 6.69. The molecule has 1 aromatic carbocycles. The standard InChI is InChI=1S/C20H19ClN4O3/c21-14-4-1-3-13(11-14)16-12-17(24-23-16)19(26)22-15-6-8-25(9-7-15)20(27)18-5-2-10-28-18/h1-5,10-12,15H,6-9H2,(H,22,26)(H,23,24). The van der Waals surface area contributed by atoms with Gasteiger partial charge in [-0.2, -0.15) is 5.10 Å². The minimum Gasteiger partial charge on any atom is -0.459 e. The molecule has 28 heavy (non-hydrogen) atoms. The topological polar surface area (TPSA) is 91.2 Å². The van der Waals surface area contributed by atoms with Crippen LogP contribution in [0.2, 0.25) is 5.02 Å². The van der Waals surface area contributed by atoms with Gasteiger partial charge in [-0.1, -0.05) is 23.7 Å². The maximum Gasteiger partial charge on any atom is 0.289 e. The van der Waals surface area contributed by atoms with Crippen LogP contribution in [-0.2, 0) is 0 Å². The van der Waals surface area contributed by atoms with Gasteiger partial charge in [0.1, 0.15) is 5.69 Å². The fourth-order valence-electron chi connectivity index (χ4n) is 3.28. The lowest BCUT2D eigenvalue weighted by Crippen LogP contribution is -2.46. The second-order valence-corrected chi connectivity index (χ2v) is 7.13. The van der Waals surface area contributed by atoms with E-state index < -0.39 is 0 Å². The van der Waals surface area contributed by atoms with Crippen molar-refractivity contribution in [1.82, 2.24) is 20.4 Å². The molecule has 2 amide bonds. The Kier molecular flexibility index (Phi) is 5.16. The summed E-state index contributed by atoms with van der Waals surface area (Å²) in [6.07, 6.45) is 2.86. The molecule has 144 valence electrons. The molecule has 0 radical (unpaired) electrons. The van der Waals surface area contributed by atoms with E-state index in [0.717, 1.165) is 5.56 Å². The molecule has 3 heterocycles. The summed E-state index contributed by atoms with van der Waals surface area (Å²) in [5, 5.41) is 10.6. The molecule has 4 rings (SSSR count). The smallest absolute Gasteiger partial charge is 0.289 e. The molecule has 0 atom stereocenters. The van der Waals surface area contributed by atoms with E-state index in [1.807, 2.05) is 12.1 Å². The predicted molar refractivity (Wildman–Crippen MR) is 104 cm³/mol. The maximum absolute atomic E-state index is 12.5. The molecule has 8 heteroatoms. The van der Waals surface area contributed by atoms with E-state index in [2.05, 4.69) is 15.5 Å². The van der Waals surface area contributed by atoms with Crippen molar-refractivity contribution in [3.8, 4) is 11.3 Å². The molecule has 2 aromatic heterocycles. The average molecular weight is 399 g/mol. The molecule has 0 spiro atoms. The van der Waals surface area contributed by atoms with Crippen LogP contribution in [0.3, 0.4) is 0 Å². The van der Waals surface area contributed by atoms with Gasteiger partial charge in [0, 0.05) is 29.7 Å². The van der Waals surface area contributed by atoms with Crippen LogP contribution in [-0.4, -0.2) is 46.0 Å². The summed E-state index contributed by atoms with van der Waals surface area (Å²) in [5.41, 5.74) is 1.89. The lowest BCUT2D eigenvalue weighted by atomic mass is 10.0. The van der Waals surface area contributed by atoms with Crippen LogP contribution in [0.15, 0.2) is 53.1 Å². The quantitative estimate of drug-likeness (QED) is 0.705. The van der Waals surface area contributed by atoms with Gasteiger partial charge in [0.2, 0.25) is 0 Å². The number of carbonyl (C=O) groups is 2. The van der Waals surface area contributed by atoms with Crippen LogP contribution < -0.4 is 5.32 Å². The van der Waals surface area contributed by atoms with Crippen LogP contribution in [0.4, 0.5) is 0 Å². The van der Waals surface area contributed by atoms with Crippen molar-refractivity contribution in [3.63, 3.8) is 0 Å². The van der Waals surface area contributed by atoms with Gasteiger partial charge in [0.05, 0.1) is 12.0 Å². The predicted octanol–water partition coefficient (Wildman–Crippen LogP) is 3.36. The molecule has 1 aliphatic heterocycles. The van der Waals surface area contributed by atoms with E-state index in [9.17, 15) is 9.59 Å². The molecule has 7 nitrogen and oxygen atoms in total. The minimum absolute atomic E-state index is 0.00562. The number of likely N-dealkylation sites (tertiary alicyclic amines) is 1. The Morgan fingerprint density at radius 3 is 2.71 bits per heavy atom. The number of halogens is 1. The fourth-order valence-corrected chi connectivity index (χ4v) is 3.47. The van der Waals surface area contributed by atoms with Crippen LogP contribution in [0, 0.1) is 0 Å². The van der Waals surface area contributed by atoms with E-state index in [4.69, 9.17) is 16.0 Å². The van der Waals surface area contributed by atoms with Crippen molar-refractivity contribution in [2.75, 3.05) is 13.1 Å². The van der Waals surface area contributed by atoms with Crippen molar-refractivity contribution < 1.29 is 14.0 Å². The molecule has 1 aliphatic rings.